The quantitative estimate of drug-likeness (QED) is 0.440. The fraction of sp³-hybridized carbons (Fsp3) is 0.240. The minimum atomic E-state index is -1.16. The molecule has 0 saturated heterocycles. The summed E-state index contributed by atoms with van der Waals surface area (Å²) in [6.45, 7) is 4.67. The second-order valence-corrected chi connectivity index (χ2v) is 6.94. The van der Waals surface area contributed by atoms with Crippen LogP contribution < -0.4 is 20.1 Å². The lowest BCUT2D eigenvalue weighted by Gasteiger charge is -2.16. The molecule has 0 atom stereocenters. The van der Waals surface area contributed by atoms with Gasteiger partial charge in [0, 0.05) is 36.1 Å². The van der Waals surface area contributed by atoms with Crippen molar-refractivity contribution in [2.45, 2.75) is 20.3 Å². The largest absolute Gasteiger partial charge is 0.494 e. The Kier molecular flexibility index (Phi) is 8.71. The maximum atomic E-state index is 11.8. The van der Waals surface area contributed by atoms with Crippen LogP contribution in [0.25, 0.3) is 11.1 Å². The van der Waals surface area contributed by atoms with Gasteiger partial charge in [-0.25, -0.2) is 14.8 Å². The van der Waals surface area contributed by atoms with Crippen LogP contribution in [0.4, 0.5) is 17.5 Å². The minimum Gasteiger partial charge on any atom is -0.494 e. The summed E-state index contributed by atoms with van der Waals surface area (Å²) in [4.78, 5) is 28.9. The number of amidine groups is 1. The molecular formula is C25H28N6O4. The van der Waals surface area contributed by atoms with Crippen LogP contribution in [0.2, 0.25) is 0 Å². The molecule has 0 amide bonds. The second kappa shape index (κ2) is 12.1. The van der Waals surface area contributed by atoms with Crippen LogP contribution in [-0.2, 0) is 0 Å². The molecule has 182 valence electrons. The van der Waals surface area contributed by atoms with E-state index in [0.717, 1.165) is 17.5 Å². The number of methoxy groups -OCH3 is 2. The zero-order valence-corrected chi connectivity index (χ0v) is 20.1. The lowest BCUT2D eigenvalue weighted by molar-refractivity contribution is 0.0697. The molecule has 3 aromatic rings. The molecule has 0 radical (unpaired) electrons. The zero-order chi connectivity index (χ0) is 25.2. The van der Waals surface area contributed by atoms with Gasteiger partial charge in [0.1, 0.15) is 17.1 Å². The average molecular weight is 477 g/mol. The van der Waals surface area contributed by atoms with Crippen LogP contribution in [0, 0.1) is 0 Å². The van der Waals surface area contributed by atoms with Gasteiger partial charge < -0.3 is 25.2 Å². The van der Waals surface area contributed by atoms with Crippen molar-refractivity contribution in [3.8, 4) is 22.8 Å². The van der Waals surface area contributed by atoms with Crippen LogP contribution >= 0.6 is 0 Å². The number of dihydropyridines is 1. The zero-order valence-electron chi connectivity index (χ0n) is 20.1. The van der Waals surface area contributed by atoms with Crippen LogP contribution in [-0.4, -0.2) is 52.6 Å². The number of carboxylic acid groups (broad SMARTS) is 1. The molecule has 35 heavy (non-hydrogen) atoms. The SMILES string of the molecule is CC.COc1ccc(-c2cccc(Nc3nc(NC4=NCCC=C4)ncc3C(=O)O)c2OC)cn1. The molecule has 10 heteroatoms. The molecule has 0 spiro atoms. The highest BCUT2D eigenvalue weighted by molar-refractivity contribution is 6.03. The number of aromatic carboxylic acids is 1. The summed E-state index contributed by atoms with van der Waals surface area (Å²) < 4.78 is 10.8. The molecule has 2 aromatic heterocycles. The number of pyridine rings is 1. The first-order valence-electron chi connectivity index (χ1n) is 11.1. The third-order valence-electron chi connectivity index (χ3n) is 4.84. The molecule has 1 aromatic carbocycles. The number of benzene rings is 1. The Balaban J connectivity index is 0.00000167. The highest BCUT2D eigenvalue weighted by atomic mass is 16.5. The van der Waals surface area contributed by atoms with Gasteiger partial charge in [0.15, 0.2) is 5.82 Å². The van der Waals surface area contributed by atoms with Crippen molar-refractivity contribution in [2.24, 2.45) is 4.99 Å². The highest BCUT2D eigenvalue weighted by Crippen LogP contribution is 2.38. The fourth-order valence-electron chi connectivity index (χ4n) is 3.27. The van der Waals surface area contributed by atoms with E-state index in [1.165, 1.54) is 6.20 Å². The van der Waals surface area contributed by atoms with E-state index in [4.69, 9.17) is 9.47 Å². The van der Waals surface area contributed by atoms with Crippen molar-refractivity contribution in [3.05, 3.63) is 60.4 Å². The van der Waals surface area contributed by atoms with E-state index in [2.05, 4.69) is 30.6 Å². The number of nitrogens with one attached hydrogen (secondary N) is 2. The van der Waals surface area contributed by atoms with Gasteiger partial charge in [0.25, 0.3) is 0 Å². The van der Waals surface area contributed by atoms with Gasteiger partial charge in [-0.1, -0.05) is 32.1 Å². The van der Waals surface area contributed by atoms with Crippen molar-refractivity contribution in [3.63, 3.8) is 0 Å². The monoisotopic (exact) mass is 476 g/mol. The molecule has 1 aliphatic rings. The minimum absolute atomic E-state index is 0.0831. The number of aromatic nitrogens is 3. The van der Waals surface area contributed by atoms with Crippen LogP contribution in [0.15, 0.2) is 59.9 Å². The average Bonchev–Trinajstić information content (AvgIpc) is 2.90. The summed E-state index contributed by atoms with van der Waals surface area (Å²) in [6, 6.07) is 9.09. The van der Waals surface area contributed by atoms with E-state index in [0.29, 0.717) is 29.7 Å². The number of para-hydroxylation sites is 1. The van der Waals surface area contributed by atoms with Gasteiger partial charge >= 0.3 is 5.97 Å². The smallest absolute Gasteiger partial charge is 0.341 e. The topological polar surface area (TPSA) is 131 Å². The predicted octanol–water partition coefficient (Wildman–Crippen LogP) is 4.79. The normalized spacial score (nSPS) is 12.1. The molecule has 0 unspecified atom stereocenters. The fourth-order valence-corrected chi connectivity index (χ4v) is 3.27. The Morgan fingerprint density at radius 3 is 2.49 bits per heavy atom. The van der Waals surface area contributed by atoms with Gasteiger partial charge in [0.2, 0.25) is 11.8 Å². The Bertz CT molecular complexity index is 1230. The lowest BCUT2D eigenvalue weighted by Crippen LogP contribution is -2.16. The van der Waals surface area contributed by atoms with E-state index in [9.17, 15) is 9.90 Å². The summed E-state index contributed by atoms with van der Waals surface area (Å²) >= 11 is 0. The molecule has 0 fully saturated rings. The number of hydrogen-bond donors (Lipinski definition) is 3. The predicted molar refractivity (Wildman–Crippen MR) is 136 cm³/mol. The summed E-state index contributed by atoms with van der Waals surface area (Å²) in [5.74, 6) is 0.798. The second-order valence-electron chi connectivity index (χ2n) is 6.94. The van der Waals surface area contributed by atoms with Gasteiger partial charge in [0.05, 0.1) is 19.9 Å². The third-order valence-corrected chi connectivity index (χ3v) is 4.84. The van der Waals surface area contributed by atoms with E-state index in [-0.39, 0.29) is 17.3 Å². The molecule has 3 heterocycles. The summed E-state index contributed by atoms with van der Waals surface area (Å²) in [5, 5.41) is 15.7. The molecule has 1 aliphatic heterocycles. The molecule has 4 rings (SSSR count). The Morgan fingerprint density at radius 1 is 1.03 bits per heavy atom. The van der Waals surface area contributed by atoms with E-state index >= 15 is 0 Å². The number of aliphatic imine (C=N–C) groups is 1. The highest BCUT2D eigenvalue weighted by Gasteiger charge is 2.18. The van der Waals surface area contributed by atoms with Crippen molar-refractivity contribution in [2.75, 3.05) is 31.4 Å². The maximum absolute atomic E-state index is 11.8. The van der Waals surface area contributed by atoms with Crippen LogP contribution in [0.1, 0.15) is 30.6 Å². The molecule has 3 N–H and O–H groups in total. The van der Waals surface area contributed by atoms with Crippen LogP contribution in [0.5, 0.6) is 11.6 Å². The molecule has 0 aliphatic carbocycles. The van der Waals surface area contributed by atoms with Crippen LogP contribution in [0.3, 0.4) is 0 Å². The Morgan fingerprint density at radius 2 is 1.86 bits per heavy atom. The van der Waals surface area contributed by atoms with E-state index in [1.807, 2.05) is 44.2 Å². The van der Waals surface area contributed by atoms with Crippen molar-refractivity contribution < 1.29 is 19.4 Å². The van der Waals surface area contributed by atoms with E-state index < -0.39 is 5.97 Å². The number of hydrogen-bond acceptors (Lipinski definition) is 9. The van der Waals surface area contributed by atoms with Gasteiger partial charge in [-0.3, -0.25) is 4.99 Å². The van der Waals surface area contributed by atoms with E-state index in [1.54, 1.807) is 32.5 Å². The van der Waals surface area contributed by atoms with Gasteiger partial charge in [-0.15, -0.1) is 0 Å². The molecule has 10 nitrogen and oxygen atoms in total. The first-order valence-corrected chi connectivity index (χ1v) is 11.1. The first kappa shape index (κ1) is 25.2. The number of ether oxygens (including phenoxy) is 2. The van der Waals surface area contributed by atoms with Gasteiger partial charge in [-0.2, -0.15) is 4.98 Å². The maximum Gasteiger partial charge on any atom is 0.341 e. The van der Waals surface area contributed by atoms with Crippen molar-refractivity contribution in [1.29, 1.82) is 0 Å². The summed E-state index contributed by atoms with van der Waals surface area (Å²) in [5.41, 5.74) is 2.03. The van der Waals surface area contributed by atoms with Crippen molar-refractivity contribution in [1.82, 2.24) is 15.0 Å². The Labute approximate surface area is 203 Å². The summed E-state index contributed by atoms with van der Waals surface area (Å²) in [7, 11) is 3.09. The van der Waals surface area contributed by atoms with Crippen molar-refractivity contribution >= 4 is 29.3 Å². The number of anilines is 3. The third kappa shape index (κ3) is 6.11. The summed E-state index contributed by atoms with van der Waals surface area (Å²) in [6.07, 6.45) is 7.62. The molecular weight excluding hydrogens is 448 g/mol. The number of carboxylic acids is 1. The number of nitrogens with zero attached hydrogens (tertiary/aromatic N) is 4. The molecule has 0 bridgehead atoms. The van der Waals surface area contributed by atoms with Gasteiger partial charge in [-0.05, 0) is 24.6 Å². The number of rotatable bonds is 7. The standard InChI is InChI=1S/C23H22N6O4.C2H6/c1-32-19-10-9-14(12-25-19)15-6-5-7-17(20(15)33-2)27-21-16(22(30)31)13-26-23(29-21)28-18-8-3-4-11-24-18;1-2/h3,5-10,12-13H,4,11H2,1-2H3,(H,30,31)(H2,24,26,27,28,29);1-2H3. The molecule has 0 saturated carbocycles. The Hall–Kier alpha value is -4.47. The first-order chi connectivity index (χ1) is 17.1. The number of carbonyl (C=O) groups is 1. The lowest BCUT2D eigenvalue weighted by atomic mass is 10.1.